The lowest BCUT2D eigenvalue weighted by molar-refractivity contribution is 0.774. The second-order valence-corrected chi connectivity index (χ2v) is 3.65. The van der Waals surface area contributed by atoms with Gasteiger partial charge < -0.3 is 15.2 Å². The Morgan fingerprint density at radius 3 is 2.80 bits per heavy atom. The highest BCUT2D eigenvalue weighted by molar-refractivity contribution is 5.73. The first-order chi connectivity index (χ1) is 7.20. The van der Waals surface area contributed by atoms with Crippen LogP contribution in [0.1, 0.15) is 5.82 Å². The van der Waals surface area contributed by atoms with Crippen LogP contribution in [-0.4, -0.2) is 36.1 Å². The Hall–Kier alpha value is -1.62. The van der Waals surface area contributed by atoms with Crippen LogP contribution in [0.4, 0.5) is 5.82 Å². The van der Waals surface area contributed by atoms with Crippen LogP contribution in [0.15, 0.2) is 12.1 Å². The van der Waals surface area contributed by atoms with Crippen LogP contribution in [0.5, 0.6) is 0 Å². The van der Waals surface area contributed by atoms with Gasteiger partial charge >= 0.3 is 0 Å². The predicted molar refractivity (Wildman–Crippen MR) is 61.0 cm³/mol. The molecule has 0 aliphatic carbocycles. The van der Waals surface area contributed by atoms with Gasteiger partial charge in [-0.25, -0.2) is 9.97 Å². The average molecular weight is 205 g/mol. The van der Waals surface area contributed by atoms with Gasteiger partial charge in [0.1, 0.15) is 11.6 Å². The molecule has 2 N–H and O–H groups in total. The lowest BCUT2D eigenvalue weighted by Gasteiger charge is -2.09. The van der Waals surface area contributed by atoms with Crippen molar-refractivity contribution in [1.82, 2.24) is 20.3 Å². The molecule has 2 rings (SSSR count). The monoisotopic (exact) mass is 205 g/mol. The molecule has 80 valence electrons. The number of nitrogens with zero attached hydrogens (tertiary/aromatic N) is 3. The topological polar surface area (TPSA) is 56.8 Å². The number of fused-ring (bicyclic) bond motifs is 1. The first kappa shape index (κ1) is 9.92. The molecule has 0 saturated heterocycles. The minimum absolute atomic E-state index is 0.730. The van der Waals surface area contributed by atoms with E-state index in [4.69, 9.17) is 0 Å². The molecule has 15 heavy (non-hydrogen) atoms. The third kappa shape index (κ3) is 1.92. The summed E-state index contributed by atoms with van der Waals surface area (Å²) in [6, 6.07) is 3.98. The fourth-order valence-corrected chi connectivity index (χ4v) is 1.43. The Morgan fingerprint density at radius 2 is 2.13 bits per heavy atom. The average Bonchev–Trinajstić information content (AvgIpc) is 2.59. The molecule has 2 aromatic heterocycles. The molecule has 0 atom stereocenters. The maximum atomic E-state index is 4.43. The van der Waals surface area contributed by atoms with E-state index in [1.807, 2.05) is 38.2 Å². The summed E-state index contributed by atoms with van der Waals surface area (Å²) < 4.78 is 0. The second-order valence-electron chi connectivity index (χ2n) is 3.65. The van der Waals surface area contributed by atoms with Crippen molar-refractivity contribution in [3.8, 4) is 0 Å². The van der Waals surface area contributed by atoms with Gasteiger partial charge in [0.2, 0.25) is 0 Å². The first-order valence-electron chi connectivity index (χ1n) is 4.88. The molecular formula is C10H15N5. The predicted octanol–water partition coefficient (Wildman–Crippen LogP) is 0.743. The van der Waals surface area contributed by atoms with Crippen LogP contribution < -0.4 is 10.2 Å². The molecule has 0 bridgehead atoms. The van der Waals surface area contributed by atoms with Crippen molar-refractivity contribution in [2.75, 3.05) is 26.0 Å². The number of imidazole rings is 1. The summed E-state index contributed by atoms with van der Waals surface area (Å²) in [6.07, 6.45) is 0. The lowest BCUT2D eigenvalue weighted by Crippen LogP contribution is -2.10. The van der Waals surface area contributed by atoms with Crippen LogP contribution in [0, 0.1) is 0 Å². The van der Waals surface area contributed by atoms with E-state index in [9.17, 15) is 0 Å². The van der Waals surface area contributed by atoms with Gasteiger partial charge in [-0.2, -0.15) is 0 Å². The number of hydrogen-bond donors (Lipinski definition) is 2. The zero-order valence-electron chi connectivity index (χ0n) is 9.20. The van der Waals surface area contributed by atoms with Crippen molar-refractivity contribution in [3.05, 3.63) is 18.0 Å². The van der Waals surface area contributed by atoms with Gasteiger partial charge in [-0.1, -0.05) is 0 Å². The number of nitrogens with one attached hydrogen (secondary N) is 2. The lowest BCUT2D eigenvalue weighted by atomic mass is 10.4. The van der Waals surface area contributed by atoms with E-state index in [1.165, 1.54) is 0 Å². The highest BCUT2D eigenvalue weighted by Crippen LogP contribution is 2.14. The maximum Gasteiger partial charge on any atom is 0.179 e. The van der Waals surface area contributed by atoms with Gasteiger partial charge in [-0.05, 0) is 19.2 Å². The largest absolute Gasteiger partial charge is 0.363 e. The Kier molecular flexibility index (Phi) is 2.55. The van der Waals surface area contributed by atoms with E-state index in [0.29, 0.717) is 0 Å². The Bertz CT molecular complexity index is 460. The molecule has 5 heteroatoms. The van der Waals surface area contributed by atoms with E-state index >= 15 is 0 Å². The van der Waals surface area contributed by atoms with Crippen molar-refractivity contribution in [1.29, 1.82) is 0 Å². The summed E-state index contributed by atoms with van der Waals surface area (Å²) in [5, 5.41) is 3.05. The molecule has 2 heterocycles. The maximum absolute atomic E-state index is 4.43. The van der Waals surface area contributed by atoms with Gasteiger partial charge in [0.15, 0.2) is 5.65 Å². The number of H-pyrrole nitrogens is 1. The van der Waals surface area contributed by atoms with Crippen molar-refractivity contribution in [2.45, 2.75) is 6.54 Å². The summed E-state index contributed by atoms with van der Waals surface area (Å²) in [5.41, 5.74) is 1.75. The molecule has 0 saturated carbocycles. The molecule has 0 radical (unpaired) electrons. The summed E-state index contributed by atoms with van der Waals surface area (Å²) in [5.74, 6) is 1.83. The van der Waals surface area contributed by atoms with Gasteiger partial charge in [-0.3, -0.25) is 0 Å². The van der Waals surface area contributed by atoms with Crippen LogP contribution in [0.2, 0.25) is 0 Å². The Labute approximate surface area is 88.5 Å². The second kappa shape index (κ2) is 3.86. The molecule has 2 aromatic rings. The molecule has 0 fully saturated rings. The van der Waals surface area contributed by atoms with Gasteiger partial charge in [0.25, 0.3) is 0 Å². The fraction of sp³-hybridized carbons (Fsp3) is 0.400. The van der Waals surface area contributed by atoms with Crippen LogP contribution in [0.3, 0.4) is 0 Å². The molecule has 0 aliphatic rings. The molecule has 0 aromatic carbocycles. The third-order valence-electron chi connectivity index (χ3n) is 2.18. The van der Waals surface area contributed by atoms with Gasteiger partial charge in [0, 0.05) is 14.1 Å². The number of hydrogen-bond acceptors (Lipinski definition) is 4. The van der Waals surface area contributed by atoms with E-state index in [-0.39, 0.29) is 0 Å². The molecule has 0 amide bonds. The number of aromatic amines is 1. The Morgan fingerprint density at radius 1 is 1.33 bits per heavy atom. The van der Waals surface area contributed by atoms with Crippen molar-refractivity contribution >= 4 is 17.0 Å². The summed E-state index contributed by atoms with van der Waals surface area (Å²) in [6.45, 7) is 0.730. The van der Waals surface area contributed by atoms with Crippen LogP contribution >= 0.6 is 0 Å². The number of aromatic nitrogens is 3. The van der Waals surface area contributed by atoms with Crippen molar-refractivity contribution < 1.29 is 0 Å². The van der Waals surface area contributed by atoms with E-state index < -0.39 is 0 Å². The van der Waals surface area contributed by atoms with Crippen LogP contribution in [-0.2, 0) is 6.54 Å². The minimum Gasteiger partial charge on any atom is -0.363 e. The quantitative estimate of drug-likeness (QED) is 0.776. The van der Waals surface area contributed by atoms with E-state index in [0.717, 1.165) is 29.4 Å². The molecular weight excluding hydrogens is 190 g/mol. The van der Waals surface area contributed by atoms with Gasteiger partial charge in [0.05, 0.1) is 12.1 Å². The zero-order chi connectivity index (χ0) is 10.8. The zero-order valence-corrected chi connectivity index (χ0v) is 9.20. The highest BCUT2D eigenvalue weighted by Gasteiger charge is 2.05. The van der Waals surface area contributed by atoms with Crippen molar-refractivity contribution in [2.24, 2.45) is 0 Å². The van der Waals surface area contributed by atoms with Crippen molar-refractivity contribution in [3.63, 3.8) is 0 Å². The Balaban J connectivity index is 2.43. The smallest absolute Gasteiger partial charge is 0.179 e. The molecule has 0 unspecified atom stereocenters. The normalized spacial score (nSPS) is 10.9. The molecule has 0 aliphatic heterocycles. The number of rotatable bonds is 3. The molecule has 5 nitrogen and oxygen atoms in total. The van der Waals surface area contributed by atoms with E-state index in [2.05, 4.69) is 20.3 Å². The summed E-state index contributed by atoms with van der Waals surface area (Å²) in [4.78, 5) is 14.0. The third-order valence-corrected chi connectivity index (χ3v) is 2.18. The SMILES string of the molecule is CNCc1nc2nc(N(C)C)ccc2[nH]1. The van der Waals surface area contributed by atoms with Crippen LogP contribution in [0.25, 0.3) is 11.2 Å². The number of pyridine rings is 1. The molecule has 0 spiro atoms. The van der Waals surface area contributed by atoms with E-state index in [1.54, 1.807) is 0 Å². The van der Waals surface area contributed by atoms with Gasteiger partial charge in [-0.15, -0.1) is 0 Å². The minimum atomic E-state index is 0.730. The summed E-state index contributed by atoms with van der Waals surface area (Å²) in [7, 11) is 5.83. The summed E-state index contributed by atoms with van der Waals surface area (Å²) >= 11 is 0. The standard InChI is InChI=1S/C10H15N5/c1-11-6-8-12-7-4-5-9(15(2)3)14-10(7)13-8/h4-5,11H,6H2,1-3H3,(H,12,13,14). The first-order valence-corrected chi connectivity index (χ1v) is 4.88. The fourth-order valence-electron chi connectivity index (χ4n) is 1.43. The highest BCUT2D eigenvalue weighted by atomic mass is 15.2. The number of anilines is 1.